The van der Waals surface area contributed by atoms with Crippen LogP contribution in [0.2, 0.25) is 0 Å². The van der Waals surface area contributed by atoms with Gasteiger partial charge >= 0.3 is 12.6 Å². The van der Waals surface area contributed by atoms with E-state index in [-0.39, 0.29) is 28.3 Å². The van der Waals surface area contributed by atoms with Crippen molar-refractivity contribution < 1.29 is 23.0 Å². The molecule has 126 valence electrons. The van der Waals surface area contributed by atoms with Crippen molar-refractivity contribution in [1.29, 1.82) is 5.26 Å². The van der Waals surface area contributed by atoms with Crippen LogP contribution in [0.5, 0.6) is 5.75 Å². The Morgan fingerprint density at radius 3 is 2.84 bits per heavy atom. The molecule has 1 aromatic carbocycles. The van der Waals surface area contributed by atoms with Crippen LogP contribution < -0.4 is 4.74 Å². The summed E-state index contributed by atoms with van der Waals surface area (Å²) in [6, 6.07) is 9.18. The number of nitrogens with zero attached hydrogens (tertiary/aromatic N) is 4. The first-order chi connectivity index (χ1) is 12.0. The van der Waals surface area contributed by atoms with Crippen molar-refractivity contribution in [2.45, 2.75) is 6.61 Å². The fourth-order valence-electron chi connectivity index (χ4n) is 2.27. The summed E-state index contributed by atoms with van der Waals surface area (Å²) in [4.78, 5) is 16.3. The number of esters is 1. The third-order valence-electron chi connectivity index (χ3n) is 3.34. The largest absolute Gasteiger partial charge is 0.464 e. The predicted octanol–water partition coefficient (Wildman–Crippen LogP) is 2.66. The minimum atomic E-state index is -2.96. The Morgan fingerprint density at radius 2 is 2.16 bits per heavy atom. The van der Waals surface area contributed by atoms with E-state index in [4.69, 9.17) is 10.00 Å². The van der Waals surface area contributed by atoms with E-state index in [1.807, 2.05) is 6.07 Å². The summed E-state index contributed by atoms with van der Waals surface area (Å²) in [5.74, 6) is -0.732. The van der Waals surface area contributed by atoms with Gasteiger partial charge in [0.15, 0.2) is 11.3 Å². The highest BCUT2D eigenvalue weighted by atomic mass is 19.3. The van der Waals surface area contributed by atoms with E-state index in [0.29, 0.717) is 5.56 Å². The lowest BCUT2D eigenvalue weighted by molar-refractivity contribution is -0.0498. The average Bonchev–Trinajstić information content (AvgIpc) is 3.03. The van der Waals surface area contributed by atoms with Gasteiger partial charge in [0.05, 0.1) is 19.0 Å². The van der Waals surface area contributed by atoms with E-state index in [0.717, 1.165) is 0 Å². The second kappa shape index (κ2) is 6.52. The number of halogens is 2. The fourth-order valence-corrected chi connectivity index (χ4v) is 2.27. The van der Waals surface area contributed by atoms with Gasteiger partial charge in [-0.3, -0.25) is 0 Å². The van der Waals surface area contributed by atoms with Crippen molar-refractivity contribution in [3.8, 4) is 23.1 Å². The molecule has 0 aliphatic rings. The fraction of sp³-hybridized carbons (Fsp3) is 0.125. The lowest BCUT2D eigenvalue weighted by Gasteiger charge is -2.09. The van der Waals surface area contributed by atoms with Crippen LogP contribution in [-0.2, 0) is 4.74 Å². The highest BCUT2D eigenvalue weighted by Crippen LogP contribution is 2.26. The van der Waals surface area contributed by atoms with Crippen molar-refractivity contribution in [1.82, 2.24) is 14.6 Å². The van der Waals surface area contributed by atoms with Gasteiger partial charge in [-0.2, -0.15) is 19.1 Å². The summed E-state index contributed by atoms with van der Waals surface area (Å²) in [6.07, 6.45) is 1.27. The molecule has 7 nitrogen and oxygen atoms in total. The van der Waals surface area contributed by atoms with Crippen molar-refractivity contribution in [3.63, 3.8) is 0 Å². The number of methoxy groups -OCH3 is 1. The van der Waals surface area contributed by atoms with E-state index in [9.17, 15) is 13.6 Å². The average molecular weight is 344 g/mol. The maximum absolute atomic E-state index is 12.4. The molecular weight excluding hydrogens is 334 g/mol. The van der Waals surface area contributed by atoms with E-state index >= 15 is 0 Å². The third-order valence-corrected chi connectivity index (χ3v) is 3.34. The Bertz CT molecular complexity index is 995. The minimum Gasteiger partial charge on any atom is -0.464 e. The van der Waals surface area contributed by atoms with Crippen LogP contribution in [0, 0.1) is 11.3 Å². The van der Waals surface area contributed by atoms with Crippen LogP contribution in [0.15, 0.2) is 36.5 Å². The molecule has 0 N–H and O–H groups in total. The van der Waals surface area contributed by atoms with Gasteiger partial charge in [0.2, 0.25) is 0 Å². The molecule has 0 fully saturated rings. The zero-order valence-electron chi connectivity index (χ0n) is 12.8. The summed E-state index contributed by atoms with van der Waals surface area (Å²) in [5, 5.41) is 13.1. The molecule has 25 heavy (non-hydrogen) atoms. The Morgan fingerprint density at radius 1 is 1.36 bits per heavy atom. The second-order valence-corrected chi connectivity index (χ2v) is 4.83. The summed E-state index contributed by atoms with van der Waals surface area (Å²) in [6.45, 7) is -2.96. The summed E-state index contributed by atoms with van der Waals surface area (Å²) in [5.41, 5.74) is 1.07. The molecule has 2 heterocycles. The number of nitriles is 1. The maximum Gasteiger partial charge on any atom is 0.387 e. The highest BCUT2D eigenvalue weighted by molar-refractivity contribution is 5.90. The SMILES string of the molecule is COC(=O)c1cc(-c2cccc(OC(F)F)c2)nc2c(C#N)cnn12. The third kappa shape index (κ3) is 3.10. The quantitative estimate of drug-likeness (QED) is 0.676. The smallest absolute Gasteiger partial charge is 0.387 e. The van der Waals surface area contributed by atoms with E-state index in [2.05, 4.69) is 14.8 Å². The number of hydrogen-bond acceptors (Lipinski definition) is 6. The Kier molecular flexibility index (Phi) is 4.26. The van der Waals surface area contributed by atoms with Gasteiger partial charge in [-0.05, 0) is 18.2 Å². The van der Waals surface area contributed by atoms with E-state index < -0.39 is 12.6 Å². The topological polar surface area (TPSA) is 89.5 Å². The van der Waals surface area contributed by atoms with Crippen LogP contribution >= 0.6 is 0 Å². The zero-order chi connectivity index (χ0) is 18.0. The number of aromatic nitrogens is 3. The van der Waals surface area contributed by atoms with Crippen molar-refractivity contribution in [3.05, 3.63) is 47.8 Å². The first-order valence-corrected chi connectivity index (χ1v) is 6.96. The van der Waals surface area contributed by atoms with E-state index in [1.54, 1.807) is 6.07 Å². The Balaban J connectivity index is 2.19. The number of carbonyl (C=O) groups is 1. The molecule has 0 aliphatic carbocycles. The van der Waals surface area contributed by atoms with Gasteiger partial charge in [-0.25, -0.2) is 14.3 Å². The number of alkyl halides is 2. The molecule has 0 spiro atoms. The molecule has 3 rings (SSSR count). The number of fused-ring (bicyclic) bond motifs is 1. The zero-order valence-corrected chi connectivity index (χ0v) is 12.8. The molecule has 0 atom stereocenters. The molecular formula is C16H10F2N4O3. The van der Waals surface area contributed by atoms with Crippen molar-refractivity contribution in [2.24, 2.45) is 0 Å². The minimum absolute atomic E-state index is 0.0455. The molecule has 0 saturated heterocycles. The van der Waals surface area contributed by atoms with Gasteiger partial charge in [0, 0.05) is 5.56 Å². The number of carbonyl (C=O) groups excluding carboxylic acids is 1. The lowest BCUT2D eigenvalue weighted by atomic mass is 10.1. The number of benzene rings is 1. The molecule has 0 aliphatic heterocycles. The normalized spacial score (nSPS) is 10.7. The Labute approximate surface area is 140 Å². The first kappa shape index (κ1) is 16.3. The molecule has 0 unspecified atom stereocenters. The molecule has 0 bridgehead atoms. The van der Waals surface area contributed by atoms with Crippen LogP contribution in [0.1, 0.15) is 16.1 Å². The summed E-state index contributed by atoms with van der Waals surface area (Å²) >= 11 is 0. The number of rotatable bonds is 4. The first-order valence-electron chi connectivity index (χ1n) is 6.96. The van der Waals surface area contributed by atoms with Gasteiger partial charge in [-0.15, -0.1) is 0 Å². The van der Waals surface area contributed by atoms with Gasteiger partial charge in [-0.1, -0.05) is 12.1 Å². The molecule has 2 aromatic heterocycles. The Hall–Kier alpha value is -3.54. The van der Waals surface area contributed by atoms with Crippen LogP contribution in [0.3, 0.4) is 0 Å². The molecule has 3 aromatic rings. The van der Waals surface area contributed by atoms with Gasteiger partial charge in [0.25, 0.3) is 0 Å². The van der Waals surface area contributed by atoms with Crippen molar-refractivity contribution in [2.75, 3.05) is 7.11 Å². The van der Waals surface area contributed by atoms with Crippen molar-refractivity contribution >= 4 is 11.6 Å². The van der Waals surface area contributed by atoms with Gasteiger partial charge < -0.3 is 9.47 Å². The molecule has 0 amide bonds. The summed E-state index contributed by atoms with van der Waals surface area (Å²) < 4.78 is 35.1. The molecule has 0 radical (unpaired) electrons. The van der Waals surface area contributed by atoms with E-state index in [1.165, 1.54) is 42.1 Å². The monoisotopic (exact) mass is 344 g/mol. The molecule has 0 saturated carbocycles. The van der Waals surface area contributed by atoms with Crippen LogP contribution in [0.25, 0.3) is 16.9 Å². The maximum atomic E-state index is 12.4. The second-order valence-electron chi connectivity index (χ2n) is 4.83. The predicted molar refractivity (Wildman–Crippen MR) is 81.1 cm³/mol. The molecule has 9 heteroatoms. The summed E-state index contributed by atoms with van der Waals surface area (Å²) in [7, 11) is 1.21. The standard InChI is InChI=1S/C16H10F2N4O3/c1-24-15(23)13-6-12(21-14-10(7-19)8-20-22(13)14)9-3-2-4-11(5-9)25-16(17)18/h2-6,8,16H,1H3. The van der Waals surface area contributed by atoms with Gasteiger partial charge in [0.1, 0.15) is 17.4 Å². The highest BCUT2D eigenvalue weighted by Gasteiger charge is 2.18. The van der Waals surface area contributed by atoms with Crippen LogP contribution in [-0.4, -0.2) is 34.3 Å². The number of ether oxygens (including phenoxy) is 2. The number of hydrogen-bond donors (Lipinski definition) is 0. The van der Waals surface area contributed by atoms with Crippen LogP contribution in [0.4, 0.5) is 8.78 Å². The lowest BCUT2D eigenvalue weighted by Crippen LogP contribution is -2.10.